The van der Waals surface area contributed by atoms with Gasteiger partial charge in [0.05, 0.1) is 12.1 Å². The highest BCUT2D eigenvalue weighted by molar-refractivity contribution is 5.91. The number of hydrogen-bond donors (Lipinski definition) is 1. The van der Waals surface area contributed by atoms with Gasteiger partial charge in [-0.1, -0.05) is 38.8 Å². The predicted molar refractivity (Wildman–Crippen MR) is 104 cm³/mol. The Hall–Kier alpha value is -2.64. The molecule has 2 aromatic rings. The van der Waals surface area contributed by atoms with Gasteiger partial charge in [0, 0.05) is 0 Å². The molecule has 0 aliphatic carbocycles. The number of alkyl halides is 3. The molecular formula is C21H25F3N3O2. The van der Waals surface area contributed by atoms with Crippen molar-refractivity contribution in [2.24, 2.45) is 0 Å². The van der Waals surface area contributed by atoms with E-state index in [0.29, 0.717) is 11.4 Å². The Morgan fingerprint density at radius 1 is 1.07 bits per heavy atom. The van der Waals surface area contributed by atoms with Gasteiger partial charge in [0.25, 0.3) is 0 Å². The fraction of sp³-hybridized carbons (Fsp3) is 0.429. The van der Waals surface area contributed by atoms with E-state index in [-0.39, 0.29) is 12.2 Å². The van der Waals surface area contributed by atoms with Gasteiger partial charge in [0.1, 0.15) is 5.75 Å². The molecule has 5 nitrogen and oxygen atoms in total. The summed E-state index contributed by atoms with van der Waals surface area (Å²) in [6, 6.07) is 8.80. The van der Waals surface area contributed by atoms with E-state index in [4.69, 9.17) is 0 Å². The molecule has 0 fully saturated rings. The number of nitrogens with one attached hydrogen (secondary N) is 1. The molecule has 0 saturated heterocycles. The van der Waals surface area contributed by atoms with Gasteiger partial charge in [-0.2, -0.15) is 5.10 Å². The maximum absolute atomic E-state index is 12.3. The maximum Gasteiger partial charge on any atom is 0.573 e. The number of carbonyl (C=O) groups is 1. The molecule has 0 bridgehead atoms. The molecule has 1 aromatic heterocycles. The molecule has 157 valence electrons. The Bertz CT molecular complexity index is 777. The first kappa shape index (κ1) is 22.6. The lowest BCUT2D eigenvalue weighted by molar-refractivity contribution is -0.274. The van der Waals surface area contributed by atoms with E-state index < -0.39 is 12.3 Å². The van der Waals surface area contributed by atoms with Crippen LogP contribution >= 0.6 is 0 Å². The Labute approximate surface area is 168 Å². The maximum atomic E-state index is 12.3. The molecule has 0 aliphatic rings. The summed E-state index contributed by atoms with van der Waals surface area (Å²) in [5.41, 5.74) is 1.26. The van der Waals surface area contributed by atoms with Gasteiger partial charge in [-0.15, -0.1) is 18.3 Å². The minimum atomic E-state index is -4.77. The lowest BCUT2D eigenvalue weighted by Crippen LogP contribution is -2.18. The molecule has 0 atom stereocenters. The summed E-state index contributed by atoms with van der Waals surface area (Å²) in [6.07, 6.45) is 0.418. The second kappa shape index (κ2) is 10.8. The first-order chi connectivity index (χ1) is 13.7. The largest absolute Gasteiger partial charge is 0.573 e. The topological polar surface area (TPSA) is 64.1 Å². The van der Waals surface area contributed by atoms with Gasteiger partial charge in [-0.3, -0.25) is 4.79 Å². The van der Waals surface area contributed by atoms with Crippen molar-refractivity contribution in [2.45, 2.75) is 58.7 Å². The number of benzene rings is 1. The third-order valence-corrected chi connectivity index (χ3v) is 4.09. The van der Waals surface area contributed by atoms with Crippen molar-refractivity contribution in [3.8, 4) is 5.75 Å². The summed E-state index contributed by atoms with van der Waals surface area (Å²) in [5.74, 6) is 0.975. The van der Waals surface area contributed by atoms with Crippen molar-refractivity contribution in [3.05, 3.63) is 53.6 Å². The number of hydrogen-bond acceptors (Lipinski definition) is 4. The monoisotopic (exact) mass is 408 g/mol. The average molecular weight is 408 g/mol. The van der Waals surface area contributed by atoms with Crippen LogP contribution in [0.1, 0.15) is 50.8 Å². The van der Waals surface area contributed by atoms with E-state index in [1.54, 1.807) is 12.1 Å². The van der Waals surface area contributed by atoms with Gasteiger partial charge >= 0.3 is 6.36 Å². The normalized spacial score (nSPS) is 11.5. The Balaban J connectivity index is 1.80. The summed E-state index contributed by atoms with van der Waals surface area (Å²) in [4.78, 5) is 12.1. The smallest absolute Gasteiger partial charge is 0.406 e. The van der Waals surface area contributed by atoms with Crippen molar-refractivity contribution in [2.75, 3.05) is 5.32 Å². The lowest BCUT2D eigenvalue weighted by Gasteiger charge is -2.10. The molecule has 0 aliphatic heterocycles. The number of anilines is 1. The summed E-state index contributed by atoms with van der Waals surface area (Å²) in [6.45, 7) is 4.26. The van der Waals surface area contributed by atoms with E-state index in [0.717, 1.165) is 31.4 Å². The van der Waals surface area contributed by atoms with Gasteiger partial charge in [0.2, 0.25) is 5.91 Å². The van der Waals surface area contributed by atoms with Crippen LogP contribution in [0.15, 0.2) is 36.4 Å². The minimum Gasteiger partial charge on any atom is -0.406 e. The van der Waals surface area contributed by atoms with Gasteiger partial charge in [-0.25, -0.2) is 0 Å². The minimum absolute atomic E-state index is 0.105. The predicted octanol–water partition coefficient (Wildman–Crippen LogP) is 5.27. The van der Waals surface area contributed by atoms with Crippen molar-refractivity contribution >= 4 is 11.7 Å². The molecule has 0 unspecified atom stereocenters. The van der Waals surface area contributed by atoms with Crippen LogP contribution < -0.4 is 10.1 Å². The van der Waals surface area contributed by atoms with Crippen molar-refractivity contribution < 1.29 is 22.7 Å². The van der Waals surface area contributed by atoms with Crippen molar-refractivity contribution in [1.82, 2.24) is 10.2 Å². The third-order valence-electron chi connectivity index (χ3n) is 4.09. The van der Waals surface area contributed by atoms with E-state index in [9.17, 15) is 18.0 Å². The molecule has 2 rings (SSSR count). The number of amides is 1. The molecule has 1 aromatic carbocycles. The number of rotatable bonds is 10. The van der Waals surface area contributed by atoms with Gasteiger partial charge < -0.3 is 10.1 Å². The highest BCUT2D eigenvalue weighted by Gasteiger charge is 2.31. The van der Waals surface area contributed by atoms with E-state index in [1.165, 1.54) is 30.5 Å². The quantitative estimate of drug-likeness (QED) is 0.544. The van der Waals surface area contributed by atoms with Gasteiger partial charge in [0.15, 0.2) is 5.82 Å². The molecular weight excluding hydrogens is 383 g/mol. The van der Waals surface area contributed by atoms with Crippen LogP contribution in [0.2, 0.25) is 0 Å². The zero-order chi connectivity index (χ0) is 21.3. The first-order valence-corrected chi connectivity index (χ1v) is 9.47. The zero-order valence-electron chi connectivity index (χ0n) is 16.6. The number of aromatic nitrogens is 2. The third kappa shape index (κ3) is 9.40. The summed E-state index contributed by atoms with van der Waals surface area (Å²) in [5, 5.41) is 10.7. The van der Waals surface area contributed by atoms with Crippen LogP contribution in [0.25, 0.3) is 0 Å². The van der Waals surface area contributed by atoms with Crippen LogP contribution in [-0.2, 0) is 17.6 Å². The van der Waals surface area contributed by atoms with E-state index in [2.05, 4.69) is 34.1 Å². The molecule has 29 heavy (non-hydrogen) atoms. The molecule has 1 amide bonds. The van der Waals surface area contributed by atoms with Crippen LogP contribution in [0.5, 0.6) is 5.75 Å². The molecule has 1 heterocycles. The van der Waals surface area contributed by atoms with Crippen LogP contribution in [0, 0.1) is 5.92 Å². The number of ether oxygens (including phenoxy) is 1. The summed E-state index contributed by atoms with van der Waals surface area (Å²) in [7, 11) is 0. The molecule has 1 radical (unpaired) electrons. The standard InChI is InChI=1S/C21H25F3N3O2/c1-15(2)7-4-3-5-9-17-11-12-19(27-26-17)25-20(28)14-16-8-6-10-18(13-16)29-21(22,23)24/h6,8,10-13H,3-5,7,9,14H2,1-2H3,(H,25,27,28). The number of halogens is 3. The SMILES string of the molecule is C[C](C)CCCCCc1ccc(NC(=O)Cc2cccc(OC(F)(F)F)c2)nn1. The second-order valence-electron chi connectivity index (χ2n) is 7.10. The van der Waals surface area contributed by atoms with Crippen LogP contribution in [0.3, 0.4) is 0 Å². The highest BCUT2D eigenvalue weighted by atomic mass is 19.4. The molecule has 0 spiro atoms. The lowest BCUT2D eigenvalue weighted by atomic mass is 10.0. The average Bonchev–Trinajstić information content (AvgIpc) is 2.61. The number of unbranched alkanes of at least 4 members (excludes halogenated alkanes) is 2. The zero-order valence-corrected chi connectivity index (χ0v) is 16.6. The number of carbonyl (C=O) groups excluding carboxylic acids is 1. The highest BCUT2D eigenvalue weighted by Crippen LogP contribution is 2.23. The Kier molecular flexibility index (Phi) is 8.42. The molecule has 0 saturated carbocycles. The summed E-state index contributed by atoms with van der Waals surface area (Å²) >= 11 is 0. The van der Waals surface area contributed by atoms with Crippen molar-refractivity contribution in [3.63, 3.8) is 0 Å². The number of nitrogens with zero attached hydrogens (tertiary/aromatic N) is 2. The Morgan fingerprint density at radius 2 is 1.86 bits per heavy atom. The fourth-order valence-corrected chi connectivity index (χ4v) is 2.75. The van der Waals surface area contributed by atoms with Crippen LogP contribution in [-0.4, -0.2) is 22.5 Å². The van der Waals surface area contributed by atoms with Crippen LogP contribution in [0.4, 0.5) is 19.0 Å². The second-order valence-corrected chi connectivity index (χ2v) is 7.10. The molecule has 8 heteroatoms. The first-order valence-electron chi connectivity index (χ1n) is 9.47. The van der Waals surface area contributed by atoms with E-state index >= 15 is 0 Å². The molecule has 1 N–H and O–H groups in total. The van der Waals surface area contributed by atoms with Crippen molar-refractivity contribution in [1.29, 1.82) is 0 Å². The fourth-order valence-electron chi connectivity index (χ4n) is 2.75. The Morgan fingerprint density at radius 3 is 2.52 bits per heavy atom. The number of aryl methyl sites for hydroxylation is 1. The van der Waals surface area contributed by atoms with Gasteiger partial charge in [-0.05, 0) is 55.0 Å². The summed E-state index contributed by atoms with van der Waals surface area (Å²) < 4.78 is 40.7. The van der Waals surface area contributed by atoms with E-state index in [1.807, 2.05) is 6.07 Å².